The molecule has 61 heavy (non-hydrogen) atoms. The molecule has 2 aliphatic heterocycles. The van der Waals surface area contributed by atoms with E-state index in [2.05, 4.69) is 22.5 Å². The Kier molecular flexibility index (Phi) is 25.1. The molecule has 2 heterocycles. The maximum absolute atomic E-state index is 13.4. The van der Waals surface area contributed by atoms with Gasteiger partial charge in [0.1, 0.15) is 30.5 Å². The molecule has 1 aromatic carbocycles. The number of amides is 4. The molecule has 3 rings (SSSR count). The van der Waals surface area contributed by atoms with Crippen LogP contribution in [0.15, 0.2) is 29.3 Å². The fraction of sp³-hybridized carbons (Fsp3) is 0.739. The second kappa shape index (κ2) is 29.9. The van der Waals surface area contributed by atoms with Gasteiger partial charge in [0.15, 0.2) is 6.04 Å². The van der Waals surface area contributed by atoms with Gasteiger partial charge < -0.3 is 45.8 Å². The predicted molar refractivity (Wildman–Crippen MR) is 235 cm³/mol. The van der Waals surface area contributed by atoms with Crippen LogP contribution in [0.25, 0.3) is 0 Å². The summed E-state index contributed by atoms with van der Waals surface area (Å²) in [7, 11) is 0. The molecule has 0 radical (unpaired) electrons. The Balaban J connectivity index is 1.38. The normalized spacial score (nSPS) is 17.5. The van der Waals surface area contributed by atoms with Gasteiger partial charge in [-0.25, -0.2) is 9.79 Å². The summed E-state index contributed by atoms with van der Waals surface area (Å²) in [6, 6.07) is 3.24. The van der Waals surface area contributed by atoms with E-state index in [-0.39, 0.29) is 57.0 Å². The average Bonchev–Trinajstić information content (AvgIpc) is 3.68. The summed E-state index contributed by atoms with van der Waals surface area (Å²) < 4.78 is 11.1. The van der Waals surface area contributed by atoms with Gasteiger partial charge in [0.2, 0.25) is 29.5 Å². The lowest BCUT2D eigenvalue weighted by Crippen LogP contribution is -2.48. The molecule has 0 saturated carbocycles. The molecular weight excluding hydrogens is 783 g/mol. The molecule has 0 unspecified atom stereocenters. The van der Waals surface area contributed by atoms with Crippen LogP contribution in [0.3, 0.4) is 0 Å². The second-order valence-corrected chi connectivity index (χ2v) is 16.7. The maximum Gasteiger partial charge on any atom is 0.328 e. The molecule has 344 valence electrons. The van der Waals surface area contributed by atoms with Crippen LogP contribution in [0.1, 0.15) is 180 Å². The second-order valence-electron chi connectivity index (χ2n) is 16.7. The number of nitrogens with one attached hydrogen (secondary N) is 2. The molecule has 2 aliphatic rings. The summed E-state index contributed by atoms with van der Waals surface area (Å²) in [5.74, 6) is -3.18. The smallest absolute Gasteiger partial charge is 0.328 e. The number of aromatic hydroxyl groups is 1. The quantitative estimate of drug-likeness (QED) is 0.0373. The molecule has 4 amide bonds. The van der Waals surface area contributed by atoms with E-state index in [0.29, 0.717) is 47.8 Å². The molecule has 0 bridgehead atoms. The third kappa shape index (κ3) is 20.5. The van der Waals surface area contributed by atoms with E-state index in [4.69, 9.17) is 9.47 Å². The molecule has 1 fully saturated rings. The molecule has 0 aliphatic carbocycles. The minimum Gasteiger partial charge on any atom is -0.756 e. The minimum absolute atomic E-state index is 0.0601. The Labute approximate surface area is 363 Å². The van der Waals surface area contributed by atoms with Gasteiger partial charge in [-0.15, -0.1) is 0 Å². The number of benzene rings is 1. The third-order valence-corrected chi connectivity index (χ3v) is 11.3. The number of phenols is 1. The van der Waals surface area contributed by atoms with Crippen LogP contribution >= 0.6 is 0 Å². The van der Waals surface area contributed by atoms with Gasteiger partial charge in [-0.05, 0) is 64.0 Å². The number of aliphatic imine (C=N–C) groups is 1. The lowest BCUT2D eigenvalue weighted by Gasteiger charge is -2.29. The van der Waals surface area contributed by atoms with Crippen LogP contribution in [-0.4, -0.2) is 94.7 Å². The number of phenolic OH excluding ortho intramolecular Hbond substituents is 1. The number of hydrogen-bond acceptors (Lipinski definition) is 11. The zero-order chi connectivity index (χ0) is 44.2. The zero-order valence-corrected chi connectivity index (χ0v) is 36.9. The summed E-state index contributed by atoms with van der Waals surface area (Å²) in [4.78, 5) is 68.7. The third-order valence-electron chi connectivity index (χ3n) is 11.3. The highest BCUT2D eigenvalue weighted by atomic mass is 16.5. The lowest BCUT2D eigenvalue weighted by atomic mass is 10.0. The van der Waals surface area contributed by atoms with E-state index in [1.807, 2.05) is 0 Å². The predicted octanol–water partition coefficient (Wildman–Crippen LogP) is 7.88. The van der Waals surface area contributed by atoms with Crippen molar-refractivity contribution in [1.82, 2.24) is 20.8 Å². The van der Waals surface area contributed by atoms with Crippen molar-refractivity contribution in [2.45, 2.75) is 199 Å². The lowest BCUT2D eigenvalue weighted by molar-refractivity contribution is -0.154. The van der Waals surface area contributed by atoms with Crippen molar-refractivity contribution in [2.24, 2.45) is 4.99 Å². The van der Waals surface area contributed by atoms with E-state index >= 15 is 0 Å². The number of unbranched alkanes of at least 4 members (excludes halogenated alkanes) is 17. The van der Waals surface area contributed by atoms with Crippen molar-refractivity contribution in [3.05, 3.63) is 40.2 Å². The summed E-state index contributed by atoms with van der Waals surface area (Å²) in [6.07, 6.45) is 22.1. The van der Waals surface area contributed by atoms with E-state index in [9.17, 15) is 39.5 Å². The number of para-hydroxylation sites is 1. The summed E-state index contributed by atoms with van der Waals surface area (Å²) in [6.45, 7) is 3.64. The van der Waals surface area contributed by atoms with Crippen molar-refractivity contribution >= 4 is 35.5 Å². The molecular formula is C46H73N5O10-2. The largest absolute Gasteiger partial charge is 0.756 e. The Bertz CT molecular complexity index is 1510. The molecule has 0 aromatic heterocycles. The van der Waals surface area contributed by atoms with E-state index in [1.54, 1.807) is 18.2 Å². The molecule has 1 aromatic rings. The van der Waals surface area contributed by atoms with Gasteiger partial charge in [-0.1, -0.05) is 122 Å². The van der Waals surface area contributed by atoms with E-state index < -0.39 is 53.8 Å². The van der Waals surface area contributed by atoms with Gasteiger partial charge in [-0.2, -0.15) is 0 Å². The van der Waals surface area contributed by atoms with Crippen molar-refractivity contribution < 1.29 is 38.6 Å². The first-order chi connectivity index (χ1) is 29.5. The van der Waals surface area contributed by atoms with Crippen LogP contribution in [-0.2, 0) is 33.4 Å². The molecule has 3 N–H and O–H groups in total. The Hall–Kier alpha value is -4.24. The summed E-state index contributed by atoms with van der Waals surface area (Å²) in [5.41, 5.74) is 0.316. The molecule has 15 heteroatoms. The fourth-order valence-electron chi connectivity index (χ4n) is 7.66. The number of hydroxylamine groups is 4. The molecule has 15 nitrogen and oxygen atoms in total. The molecule has 1 saturated heterocycles. The first kappa shape index (κ1) is 51.1. The highest BCUT2D eigenvalue weighted by Crippen LogP contribution is 2.22. The zero-order valence-electron chi connectivity index (χ0n) is 36.9. The number of nitrogens with zero attached hydrogens (tertiary/aromatic N) is 3. The molecule has 0 spiro atoms. The van der Waals surface area contributed by atoms with E-state index in [1.165, 1.54) is 96.5 Å². The molecule has 4 atom stereocenters. The number of esters is 1. The highest BCUT2D eigenvalue weighted by Gasteiger charge is 2.32. The van der Waals surface area contributed by atoms with Crippen molar-refractivity contribution in [1.29, 1.82) is 0 Å². The SMILES string of the molecule is CCCCCCCCCCCCCCCCCCCC(=O)N([O-])CCCC[C@H](NC(=O)[C@H]1COC(c2ccccc2O)=N1)C(=O)O[C@H](C)CC(=O)N[C@H]1CCCCN([O-])C1=O. The Morgan fingerprint density at radius 3 is 2.13 bits per heavy atom. The number of carbonyl (C=O) groups is 5. The van der Waals surface area contributed by atoms with Crippen molar-refractivity contribution in [3.63, 3.8) is 0 Å². The maximum atomic E-state index is 13.4. The van der Waals surface area contributed by atoms with Gasteiger partial charge in [-0.3, -0.25) is 19.2 Å². The van der Waals surface area contributed by atoms with Crippen LogP contribution < -0.4 is 10.6 Å². The number of carbonyl (C=O) groups excluding carboxylic acids is 5. The fourth-order valence-corrected chi connectivity index (χ4v) is 7.66. The van der Waals surface area contributed by atoms with Crippen molar-refractivity contribution in [3.8, 4) is 5.75 Å². The summed E-state index contributed by atoms with van der Waals surface area (Å²) >= 11 is 0. The highest BCUT2D eigenvalue weighted by molar-refractivity contribution is 6.00. The summed E-state index contributed by atoms with van der Waals surface area (Å²) in [5, 5.41) is 40.7. The Morgan fingerprint density at radius 1 is 0.902 bits per heavy atom. The average molecular weight is 856 g/mol. The van der Waals surface area contributed by atoms with Crippen molar-refractivity contribution in [2.75, 3.05) is 19.7 Å². The van der Waals surface area contributed by atoms with Crippen LogP contribution in [0.4, 0.5) is 0 Å². The first-order valence-corrected chi connectivity index (χ1v) is 23.2. The van der Waals surface area contributed by atoms with E-state index in [0.717, 1.165) is 19.3 Å². The number of ether oxygens (including phenoxy) is 2. The van der Waals surface area contributed by atoms with Crippen LogP contribution in [0.2, 0.25) is 0 Å². The standard InChI is InChI=1S/C46H73N5O10/c1-3-4-5-6-7-8-9-10-11-12-13-14-15-16-17-18-19-30-42(54)50(58)31-24-23-28-38(48-43(55)39-34-60-44(49-39)36-26-20-21-29-40(36)52)46(57)61-35(2)33-41(53)47-37-27-22-25-32-51(59)45(37)56/h20-21,26,29,35,37-39,52H,3-19,22-25,27-28,30-34H2,1-2H3,(H,47,53)(H,48,55)/q-2/t35-,37+,38+,39-/m1/s1. The van der Waals surface area contributed by atoms with Crippen LogP contribution in [0.5, 0.6) is 5.75 Å². The number of hydrogen-bond donors (Lipinski definition) is 3. The van der Waals surface area contributed by atoms with Gasteiger partial charge >= 0.3 is 5.97 Å². The number of rotatable bonds is 31. The van der Waals surface area contributed by atoms with Gasteiger partial charge in [0.25, 0.3) is 0 Å². The topological polar surface area (TPSA) is 213 Å². The van der Waals surface area contributed by atoms with Crippen LogP contribution in [0, 0.1) is 10.4 Å². The minimum atomic E-state index is -1.18. The van der Waals surface area contributed by atoms with Gasteiger partial charge in [0.05, 0.1) is 12.0 Å². The Morgan fingerprint density at radius 2 is 1.51 bits per heavy atom. The van der Waals surface area contributed by atoms with Gasteiger partial charge in [0, 0.05) is 19.5 Å². The monoisotopic (exact) mass is 856 g/mol. The first-order valence-electron chi connectivity index (χ1n) is 23.2.